The highest BCUT2D eigenvalue weighted by molar-refractivity contribution is 5.95. The van der Waals surface area contributed by atoms with Gasteiger partial charge in [0.25, 0.3) is 0 Å². The Morgan fingerprint density at radius 2 is 1.03 bits per heavy atom. The molecule has 0 fully saturated rings. The van der Waals surface area contributed by atoms with Gasteiger partial charge in [0.1, 0.15) is 24.7 Å². The van der Waals surface area contributed by atoms with Crippen molar-refractivity contribution in [2.75, 3.05) is 39.4 Å². The first-order valence-corrected chi connectivity index (χ1v) is 12.6. The van der Waals surface area contributed by atoms with Crippen molar-refractivity contribution in [1.82, 2.24) is 21.3 Å². The average molecular weight is 527 g/mol. The molecule has 0 atom stereocenters. The summed E-state index contributed by atoms with van der Waals surface area (Å²) < 4.78 is 11.0. The van der Waals surface area contributed by atoms with Crippen LogP contribution in [0.3, 0.4) is 0 Å². The summed E-state index contributed by atoms with van der Waals surface area (Å²) in [4.78, 5) is 31.9. The van der Waals surface area contributed by atoms with E-state index in [0.717, 1.165) is 37.2 Å². The summed E-state index contributed by atoms with van der Waals surface area (Å²) in [5.41, 5.74) is 11.5. The topological polar surface area (TPSA) is 177 Å². The number of carbonyl (C=O) groups is 2. The van der Waals surface area contributed by atoms with Crippen LogP contribution in [0.1, 0.15) is 25.7 Å². The van der Waals surface area contributed by atoms with Crippen molar-refractivity contribution >= 4 is 24.0 Å². The Kier molecular flexibility index (Phi) is 14.7. The lowest BCUT2D eigenvalue weighted by atomic mass is 10.2. The standard InChI is InChI=1S/C26H38N8O4/c27-23(33-25(35)31-17-19-37-21-11-5-3-6-12-21)29-15-9-1-2-10-16-30-24(28)34-26(36)32-18-20-38-22-13-7-4-8-14-22/h3-8,11-14H,1-2,9-10,15-20H2,(H4,27,29,31,33,35)(H4,28,30,32,34,36). The van der Waals surface area contributed by atoms with Crippen molar-refractivity contribution in [2.24, 2.45) is 21.5 Å². The number of para-hydroxylation sites is 2. The Bertz CT molecular complexity index is 921. The molecule has 2 aromatic carbocycles. The number of rotatable bonds is 15. The van der Waals surface area contributed by atoms with E-state index < -0.39 is 12.1 Å². The van der Waals surface area contributed by atoms with E-state index in [1.165, 1.54) is 0 Å². The first-order chi connectivity index (χ1) is 18.5. The van der Waals surface area contributed by atoms with E-state index in [1.54, 1.807) is 0 Å². The summed E-state index contributed by atoms with van der Waals surface area (Å²) >= 11 is 0. The Morgan fingerprint density at radius 3 is 1.42 bits per heavy atom. The molecule has 0 spiro atoms. The third-order valence-electron chi connectivity index (χ3n) is 4.91. The minimum Gasteiger partial charge on any atom is -0.492 e. The fraction of sp³-hybridized carbons (Fsp3) is 0.385. The van der Waals surface area contributed by atoms with Crippen LogP contribution in [0.2, 0.25) is 0 Å². The highest BCUT2D eigenvalue weighted by Crippen LogP contribution is 2.08. The number of unbranched alkanes of at least 4 members (excludes halogenated alkanes) is 3. The first-order valence-electron chi connectivity index (χ1n) is 12.6. The fourth-order valence-electron chi connectivity index (χ4n) is 3.08. The van der Waals surface area contributed by atoms with Gasteiger partial charge in [-0.2, -0.15) is 0 Å². The highest BCUT2D eigenvalue weighted by atomic mass is 16.5. The zero-order valence-corrected chi connectivity index (χ0v) is 21.5. The van der Waals surface area contributed by atoms with Gasteiger partial charge in [0.2, 0.25) is 0 Å². The molecule has 8 N–H and O–H groups in total. The number of hydrogen-bond acceptors (Lipinski definition) is 6. The van der Waals surface area contributed by atoms with Crippen LogP contribution in [-0.4, -0.2) is 63.4 Å². The largest absolute Gasteiger partial charge is 0.492 e. The fourth-order valence-corrected chi connectivity index (χ4v) is 3.08. The molecule has 0 bridgehead atoms. The zero-order chi connectivity index (χ0) is 27.3. The minimum atomic E-state index is -0.429. The second-order valence-electron chi connectivity index (χ2n) is 8.03. The van der Waals surface area contributed by atoms with E-state index in [4.69, 9.17) is 20.9 Å². The van der Waals surface area contributed by atoms with Gasteiger partial charge in [-0.15, -0.1) is 0 Å². The van der Waals surface area contributed by atoms with Gasteiger partial charge in [-0.1, -0.05) is 49.2 Å². The molecule has 0 aliphatic carbocycles. The minimum absolute atomic E-state index is 0.0693. The number of aliphatic imine (C=N–C) groups is 2. The van der Waals surface area contributed by atoms with E-state index in [9.17, 15) is 9.59 Å². The molecule has 12 heteroatoms. The van der Waals surface area contributed by atoms with Crippen molar-refractivity contribution in [3.8, 4) is 11.5 Å². The van der Waals surface area contributed by atoms with Crippen LogP contribution >= 0.6 is 0 Å². The van der Waals surface area contributed by atoms with E-state index >= 15 is 0 Å². The van der Waals surface area contributed by atoms with Crippen molar-refractivity contribution in [1.29, 1.82) is 0 Å². The zero-order valence-electron chi connectivity index (χ0n) is 21.5. The SMILES string of the molecule is NC(=NCCCCCCN=C(N)NC(=O)NCCOc1ccccc1)NC(=O)NCCOc1ccccc1. The predicted molar refractivity (Wildman–Crippen MR) is 148 cm³/mol. The number of carbonyl (C=O) groups excluding carboxylic acids is 2. The molecule has 2 aromatic rings. The number of guanidine groups is 2. The van der Waals surface area contributed by atoms with Crippen molar-refractivity contribution < 1.29 is 19.1 Å². The van der Waals surface area contributed by atoms with Gasteiger partial charge in [-0.25, -0.2) is 9.59 Å². The Morgan fingerprint density at radius 1 is 0.632 bits per heavy atom. The summed E-state index contributed by atoms with van der Waals surface area (Å²) in [6, 6.07) is 17.8. The number of nitrogens with one attached hydrogen (secondary N) is 4. The van der Waals surface area contributed by atoms with Crippen LogP contribution in [0.4, 0.5) is 9.59 Å². The highest BCUT2D eigenvalue weighted by Gasteiger charge is 2.03. The molecule has 0 heterocycles. The Hall–Kier alpha value is -4.48. The average Bonchev–Trinajstić information content (AvgIpc) is 2.92. The van der Waals surface area contributed by atoms with Crippen molar-refractivity contribution in [3.63, 3.8) is 0 Å². The summed E-state index contributed by atoms with van der Waals surface area (Å²) in [6.45, 7) is 2.38. The van der Waals surface area contributed by atoms with E-state index in [0.29, 0.717) is 39.4 Å². The summed E-state index contributed by atoms with van der Waals surface area (Å²) in [6.07, 6.45) is 3.48. The quantitative estimate of drug-likeness (QED) is 0.117. The third-order valence-corrected chi connectivity index (χ3v) is 4.91. The molecule has 0 aromatic heterocycles. The molecule has 0 aliphatic heterocycles. The molecule has 0 aliphatic rings. The molecule has 38 heavy (non-hydrogen) atoms. The van der Waals surface area contributed by atoms with Crippen LogP contribution in [0.15, 0.2) is 70.6 Å². The van der Waals surface area contributed by atoms with Gasteiger partial charge in [0.15, 0.2) is 11.9 Å². The van der Waals surface area contributed by atoms with E-state index in [1.807, 2.05) is 60.7 Å². The second kappa shape index (κ2) is 18.7. The molecule has 206 valence electrons. The van der Waals surface area contributed by atoms with Gasteiger partial charge < -0.3 is 31.6 Å². The van der Waals surface area contributed by atoms with E-state index in [2.05, 4.69) is 31.3 Å². The summed E-state index contributed by atoms with van der Waals surface area (Å²) in [7, 11) is 0. The maximum atomic E-state index is 11.8. The number of nitrogens with two attached hydrogens (primary N) is 2. The van der Waals surface area contributed by atoms with Crippen LogP contribution < -0.4 is 42.2 Å². The number of nitrogens with zero attached hydrogens (tertiary/aromatic N) is 2. The summed E-state index contributed by atoms with van der Waals surface area (Å²) in [5, 5.41) is 10.3. The van der Waals surface area contributed by atoms with Crippen LogP contribution in [0.5, 0.6) is 11.5 Å². The maximum absolute atomic E-state index is 11.8. The second-order valence-corrected chi connectivity index (χ2v) is 8.03. The molecule has 0 radical (unpaired) electrons. The Balaban J connectivity index is 1.42. The molecule has 4 amide bonds. The number of ether oxygens (including phenoxy) is 2. The first kappa shape index (κ1) is 29.7. The molecule has 12 nitrogen and oxygen atoms in total. The smallest absolute Gasteiger partial charge is 0.321 e. The van der Waals surface area contributed by atoms with Gasteiger partial charge in [0.05, 0.1) is 13.1 Å². The predicted octanol–water partition coefficient (Wildman–Crippen LogP) is 1.93. The molecule has 0 saturated heterocycles. The van der Waals surface area contributed by atoms with Gasteiger partial charge >= 0.3 is 12.1 Å². The molecule has 0 unspecified atom stereocenters. The Labute approximate surface area is 223 Å². The lowest BCUT2D eigenvalue weighted by Crippen LogP contribution is -2.44. The van der Waals surface area contributed by atoms with Crippen LogP contribution in [0.25, 0.3) is 0 Å². The van der Waals surface area contributed by atoms with Crippen LogP contribution in [-0.2, 0) is 0 Å². The monoisotopic (exact) mass is 526 g/mol. The van der Waals surface area contributed by atoms with Crippen molar-refractivity contribution in [3.05, 3.63) is 60.7 Å². The van der Waals surface area contributed by atoms with Crippen LogP contribution in [0, 0.1) is 0 Å². The number of benzene rings is 2. The van der Waals surface area contributed by atoms with Crippen molar-refractivity contribution in [2.45, 2.75) is 25.7 Å². The number of amides is 4. The van der Waals surface area contributed by atoms with Gasteiger partial charge in [-0.05, 0) is 37.1 Å². The molecule has 0 saturated carbocycles. The lowest BCUT2D eigenvalue weighted by molar-refractivity contribution is 0.240. The molecular formula is C26H38N8O4. The molecule has 2 rings (SSSR count). The van der Waals surface area contributed by atoms with E-state index in [-0.39, 0.29) is 11.9 Å². The summed E-state index contributed by atoms with van der Waals surface area (Å²) in [5.74, 6) is 1.62. The van der Waals surface area contributed by atoms with Gasteiger partial charge in [-0.3, -0.25) is 20.6 Å². The third kappa shape index (κ3) is 14.8. The lowest BCUT2D eigenvalue weighted by Gasteiger charge is -2.09. The van der Waals surface area contributed by atoms with Gasteiger partial charge in [0, 0.05) is 13.1 Å². The number of urea groups is 2. The maximum Gasteiger partial charge on any atom is 0.321 e. The number of hydrogen-bond donors (Lipinski definition) is 6. The normalized spacial score (nSPS) is 11.4. The molecular weight excluding hydrogens is 488 g/mol.